The summed E-state index contributed by atoms with van der Waals surface area (Å²) in [5.41, 5.74) is 1.00. The summed E-state index contributed by atoms with van der Waals surface area (Å²) in [6.45, 7) is 2.41. The van der Waals surface area contributed by atoms with Gasteiger partial charge in [-0.05, 0) is 43.4 Å². The molecule has 1 fully saturated rings. The van der Waals surface area contributed by atoms with Crippen molar-refractivity contribution in [2.45, 2.75) is 36.6 Å². The normalized spacial score (nSPS) is 16.9. The van der Waals surface area contributed by atoms with Gasteiger partial charge in [0.25, 0.3) is 10.0 Å². The van der Waals surface area contributed by atoms with E-state index in [0.717, 1.165) is 29.7 Å². The minimum absolute atomic E-state index is 0.00563. The van der Waals surface area contributed by atoms with Crippen molar-refractivity contribution in [1.29, 1.82) is 0 Å². The lowest BCUT2D eigenvalue weighted by Crippen LogP contribution is -2.39. The zero-order valence-electron chi connectivity index (χ0n) is 12.3. The quantitative estimate of drug-likeness (QED) is 0.770. The topological polar surface area (TPSA) is 37.4 Å². The number of sulfonamides is 1. The molecule has 1 aromatic heterocycles. The molecule has 3 nitrogen and oxygen atoms in total. The number of rotatable bonds is 6. The highest BCUT2D eigenvalue weighted by Gasteiger charge is 2.38. The third kappa shape index (κ3) is 3.38. The largest absolute Gasteiger partial charge is 0.253 e. The first-order valence-corrected chi connectivity index (χ1v) is 9.93. The first kappa shape index (κ1) is 16.0. The fraction of sp³-hybridized carbons (Fsp3) is 0.375. The molecule has 1 aliphatic rings. The number of nitrogens with zero attached hydrogens (tertiary/aromatic N) is 1. The summed E-state index contributed by atoms with van der Waals surface area (Å²) in [5.74, 6) is 0.467. The molecule has 2 aromatic rings. The Hall–Kier alpha value is -0.880. The Kier molecular flexibility index (Phi) is 4.59. The molecule has 0 amide bonds. The van der Waals surface area contributed by atoms with Gasteiger partial charge in [0, 0.05) is 12.6 Å². The molecule has 1 saturated carbocycles. The summed E-state index contributed by atoms with van der Waals surface area (Å²) < 4.78 is 28.4. The van der Waals surface area contributed by atoms with E-state index < -0.39 is 10.0 Å². The first-order valence-electron chi connectivity index (χ1n) is 7.29. The van der Waals surface area contributed by atoms with Gasteiger partial charge in [0.2, 0.25) is 0 Å². The van der Waals surface area contributed by atoms with Gasteiger partial charge >= 0.3 is 0 Å². The molecule has 1 aromatic carbocycles. The molecule has 1 atom stereocenters. The van der Waals surface area contributed by atoms with E-state index in [2.05, 4.69) is 0 Å². The van der Waals surface area contributed by atoms with E-state index in [1.807, 2.05) is 37.3 Å². The van der Waals surface area contributed by atoms with Gasteiger partial charge in [-0.15, -0.1) is 11.3 Å². The number of benzene rings is 1. The van der Waals surface area contributed by atoms with Gasteiger partial charge < -0.3 is 0 Å². The Morgan fingerprint density at radius 2 is 1.91 bits per heavy atom. The molecule has 3 rings (SSSR count). The van der Waals surface area contributed by atoms with Crippen molar-refractivity contribution < 1.29 is 8.42 Å². The van der Waals surface area contributed by atoms with Crippen LogP contribution in [0.25, 0.3) is 0 Å². The SMILES string of the molecule is CC(C1CC1)N(Cc1ccccc1)S(=O)(=O)c1ccc(Cl)s1. The average Bonchev–Trinajstić information content (AvgIpc) is 3.26. The predicted octanol–water partition coefficient (Wildman–Crippen LogP) is 4.39. The second-order valence-electron chi connectivity index (χ2n) is 5.67. The van der Waals surface area contributed by atoms with Gasteiger partial charge in [-0.25, -0.2) is 8.42 Å². The van der Waals surface area contributed by atoms with Crippen LogP contribution in [-0.2, 0) is 16.6 Å². The van der Waals surface area contributed by atoms with Gasteiger partial charge in [0.15, 0.2) is 0 Å². The van der Waals surface area contributed by atoms with Gasteiger partial charge in [-0.1, -0.05) is 41.9 Å². The lowest BCUT2D eigenvalue weighted by molar-refractivity contribution is 0.304. The fourth-order valence-electron chi connectivity index (χ4n) is 2.58. The standard InChI is InChI=1S/C16H18ClNO2S2/c1-12(14-7-8-14)18(11-13-5-3-2-4-6-13)22(19,20)16-10-9-15(17)21-16/h2-6,9-10,12,14H,7-8,11H2,1H3. The Balaban J connectivity index is 1.94. The van der Waals surface area contributed by atoms with Crippen molar-refractivity contribution in [1.82, 2.24) is 4.31 Å². The average molecular weight is 356 g/mol. The monoisotopic (exact) mass is 355 g/mol. The zero-order chi connectivity index (χ0) is 15.7. The van der Waals surface area contributed by atoms with Crippen LogP contribution in [0.2, 0.25) is 4.34 Å². The summed E-state index contributed by atoms with van der Waals surface area (Å²) in [6, 6.07) is 13.0. The molecule has 1 unspecified atom stereocenters. The molecular formula is C16H18ClNO2S2. The van der Waals surface area contributed by atoms with Crippen molar-refractivity contribution in [3.05, 3.63) is 52.4 Å². The van der Waals surface area contributed by atoms with E-state index in [-0.39, 0.29) is 6.04 Å². The maximum absolute atomic E-state index is 13.0. The molecule has 0 radical (unpaired) electrons. The molecule has 118 valence electrons. The second kappa shape index (κ2) is 6.32. The summed E-state index contributed by atoms with van der Waals surface area (Å²) in [5, 5.41) is 0. The lowest BCUT2D eigenvalue weighted by Gasteiger charge is -2.28. The van der Waals surface area contributed by atoms with Crippen LogP contribution in [0.3, 0.4) is 0 Å². The summed E-state index contributed by atoms with van der Waals surface area (Å²) in [6.07, 6.45) is 2.21. The van der Waals surface area contributed by atoms with Gasteiger partial charge in [-0.3, -0.25) is 0 Å². The first-order chi connectivity index (χ1) is 10.5. The van der Waals surface area contributed by atoms with E-state index >= 15 is 0 Å². The van der Waals surface area contributed by atoms with E-state index in [1.54, 1.807) is 16.4 Å². The van der Waals surface area contributed by atoms with E-state index in [0.29, 0.717) is 21.0 Å². The van der Waals surface area contributed by atoms with Crippen LogP contribution in [0.1, 0.15) is 25.3 Å². The van der Waals surface area contributed by atoms with Crippen LogP contribution in [0.15, 0.2) is 46.7 Å². The van der Waals surface area contributed by atoms with E-state index in [1.165, 1.54) is 0 Å². The highest BCUT2D eigenvalue weighted by Crippen LogP contribution is 2.39. The van der Waals surface area contributed by atoms with Crippen molar-refractivity contribution in [3.8, 4) is 0 Å². The molecule has 0 saturated heterocycles. The van der Waals surface area contributed by atoms with Crippen LogP contribution in [0, 0.1) is 5.92 Å². The van der Waals surface area contributed by atoms with E-state index in [4.69, 9.17) is 11.6 Å². The number of thiophene rings is 1. The third-order valence-corrected chi connectivity index (χ3v) is 7.68. The molecule has 0 spiro atoms. The summed E-state index contributed by atoms with van der Waals surface area (Å²) in [4.78, 5) is 0. The highest BCUT2D eigenvalue weighted by molar-refractivity contribution is 7.91. The summed E-state index contributed by atoms with van der Waals surface area (Å²) in [7, 11) is -3.52. The molecule has 6 heteroatoms. The van der Waals surface area contributed by atoms with E-state index in [9.17, 15) is 8.42 Å². The minimum atomic E-state index is -3.52. The predicted molar refractivity (Wildman–Crippen MR) is 90.7 cm³/mol. The maximum atomic E-state index is 13.0. The van der Waals surface area contributed by atoms with Crippen LogP contribution >= 0.6 is 22.9 Å². The number of halogens is 1. The fourth-order valence-corrected chi connectivity index (χ4v) is 5.87. The van der Waals surface area contributed by atoms with Crippen molar-refractivity contribution in [2.24, 2.45) is 5.92 Å². The van der Waals surface area contributed by atoms with Gasteiger partial charge in [0.1, 0.15) is 4.21 Å². The number of hydrogen-bond donors (Lipinski definition) is 0. The lowest BCUT2D eigenvalue weighted by atomic mass is 10.2. The maximum Gasteiger partial charge on any atom is 0.253 e. The Labute approximate surface area is 140 Å². The Morgan fingerprint density at radius 1 is 1.23 bits per heavy atom. The van der Waals surface area contributed by atoms with Gasteiger partial charge in [0.05, 0.1) is 4.34 Å². The molecule has 0 aliphatic heterocycles. The highest BCUT2D eigenvalue weighted by atomic mass is 35.5. The zero-order valence-corrected chi connectivity index (χ0v) is 14.7. The molecule has 0 bridgehead atoms. The van der Waals surface area contributed by atoms with Crippen LogP contribution in [0.5, 0.6) is 0 Å². The third-order valence-electron chi connectivity index (χ3n) is 4.05. The molecule has 1 aliphatic carbocycles. The molecule has 22 heavy (non-hydrogen) atoms. The van der Waals surface area contributed by atoms with Crippen LogP contribution in [0.4, 0.5) is 0 Å². The molecule has 1 heterocycles. The Morgan fingerprint density at radius 3 is 2.45 bits per heavy atom. The molecular weight excluding hydrogens is 338 g/mol. The minimum Gasteiger partial charge on any atom is -0.206 e. The van der Waals surface area contributed by atoms with Crippen LogP contribution < -0.4 is 0 Å². The van der Waals surface area contributed by atoms with Crippen LogP contribution in [-0.4, -0.2) is 18.8 Å². The number of hydrogen-bond acceptors (Lipinski definition) is 3. The Bertz CT molecular complexity index is 739. The smallest absolute Gasteiger partial charge is 0.206 e. The van der Waals surface area contributed by atoms with Crippen molar-refractivity contribution in [3.63, 3.8) is 0 Å². The van der Waals surface area contributed by atoms with Gasteiger partial charge in [-0.2, -0.15) is 4.31 Å². The molecule has 0 N–H and O–H groups in total. The van der Waals surface area contributed by atoms with Crippen molar-refractivity contribution >= 4 is 33.0 Å². The second-order valence-corrected chi connectivity index (χ2v) is 9.50. The summed E-state index contributed by atoms with van der Waals surface area (Å²) >= 11 is 7.04. The van der Waals surface area contributed by atoms with Crippen molar-refractivity contribution in [2.75, 3.05) is 0 Å².